The maximum atomic E-state index is 9.23. The molecule has 2 rings (SSSR count). The summed E-state index contributed by atoms with van der Waals surface area (Å²) in [5.74, 6) is 0.788. The summed E-state index contributed by atoms with van der Waals surface area (Å²) in [7, 11) is 0. The Hall–Kier alpha value is -1.89. The summed E-state index contributed by atoms with van der Waals surface area (Å²) in [5, 5.41) is 20.9. The second kappa shape index (κ2) is 5.63. The van der Waals surface area contributed by atoms with Crippen LogP contribution in [0.25, 0.3) is 0 Å². The van der Waals surface area contributed by atoms with Gasteiger partial charge in [0.15, 0.2) is 17.3 Å². The third-order valence-electron chi connectivity index (χ3n) is 3.11. The molecule has 1 saturated heterocycles. The molecule has 0 spiro atoms. The Kier molecular flexibility index (Phi) is 3.93. The van der Waals surface area contributed by atoms with Crippen LogP contribution in [0.3, 0.4) is 0 Å². The highest BCUT2D eigenvalue weighted by Gasteiger charge is 2.23. The van der Waals surface area contributed by atoms with Gasteiger partial charge in [-0.25, -0.2) is 9.97 Å². The largest absolute Gasteiger partial charge is 0.409 e. The Morgan fingerprint density at radius 1 is 1.50 bits per heavy atom. The minimum absolute atomic E-state index is 0.0516. The van der Waals surface area contributed by atoms with Gasteiger partial charge < -0.3 is 20.9 Å². The van der Waals surface area contributed by atoms with Crippen LogP contribution in [0.2, 0.25) is 0 Å². The number of aromatic nitrogens is 2. The van der Waals surface area contributed by atoms with Gasteiger partial charge in [0.2, 0.25) is 0 Å². The number of hydrogen-bond acceptors (Lipinski definition) is 6. The first-order chi connectivity index (χ1) is 8.76. The van der Waals surface area contributed by atoms with Crippen LogP contribution in [0.15, 0.2) is 17.5 Å². The van der Waals surface area contributed by atoms with Crippen LogP contribution < -0.4 is 10.6 Å². The van der Waals surface area contributed by atoms with Crippen LogP contribution in [0.4, 0.5) is 5.82 Å². The summed E-state index contributed by atoms with van der Waals surface area (Å²) >= 11 is 0. The second-order valence-electron chi connectivity index (χ2n) is 4.35. The molecule has 1 aliphatic heterocycles. The highest BCUT2D eigenvalue weighted by Crippen LogP contribution is 2.23. The summed E-state index contributed by atoms with van der Waals surface area (Å²) in [5.41, 5.74) is 5.96. The summed E-state index contributed by atoms with van der Waals surface area (Å²) in [4.78, 5) is 10.4. The molecule has 0 aromatic carbocycles. The Balaban J connectivity index is 2.27. The van der Waals surface area contributed by atoms with E-state index in [1.807, 2.05) is 4.90 Å². The van der Waals surface area contributed by atoms with E-state index in [-0.39, 0.29) is 18.4 Å². The van der Waals surface area contributed by atoms with Gasteiger partial charge >= 0.3 is 0 Å². The normalized spacial score (nSPS) is 21.1. The molecule has 1 fully saturated rings. The Morgan fingerprint density at radius 2 is 2.28 bits per heavy atom. The van der Waals surface area contributed by atoms with Gasteiger partial charge in [-0.05, 0) is 18.8 Å². The van der Waals surface area contributed by atoms with Crippen LogP contribution in [0.5, 0.6) is 0 Å². The van der Waals surface area contributed by atoms with Gasteiger partial charge in [0.05, 0.1) is 0 Å². The second-order valence-corrected chi connectivity index (χ2v) is 4.35. The highest BCUT2D eigenvalue weighted by molar-refractivity contribution is 5.99. The molecule has 1 aromatic heterocycles. The summed E-state index contributed by atoms with van der Waals surface area (Å²) < 4.78 is 0. The van der Waals surface area contributed by atoms with Crippen molar-refractivity contribution < 1.29 is 10.3 Å². The van der Waals surface area contributed by atoms with Crippen LogP contribution in [-0.2, 0) is 0 Å². The van der Waals surface area contributed by atoms with Gasteiger partial charge in [-0.2, -0.15) is 0 Å². The zero-order valence-corrected chi connectivity index (χ0v) is 10.0. The fraction of sp³-hybridized carbons (Fsp3) is 0.545. The van der Waals surface area contributed by atoms with Gasteiger partial charge in [0.25, 0.3) is 0 Å². The molecule has 0 radical (unpaired) electrons. The number of aliphatic hydroxyl groups is 1. The van der Waals surface area contributed by atoms with Crippen molar-refractivity contribution in [3.8, 4) is 0 Å². The fourth-order valence-electron chi connectivity index (χ4n) is 2.20. The topological polar surface area (TPSA) is 108 Å². The lowest BCUT2D eigenvalue weighted by molar-refractivity contribution is 0.208. The number of anilines is 1. The minimum atomic E-state index is -0.0516. The van der Waals surface area contributed by atoms with Crippen molar-refractivity contribution in [3.05, 3.63) is 18.1 Å². The number of oxime groups is 1. The predicted octanol–water partition coefficient (Wildman–Crippen LogP) is -0.220. The van der Waals surface area contributed by atoms with Crippen molar-refractivity contribution in [1.29, 1.82) is 0 Å². The number of nitrogens with two attached hydrogens (primary N) is 1. The number of piperidine rings is 1. The lowest BCUT2D eigenvalue weighted by Crippen LogP contribution is -2.38. The Labute approximate surface area is 105 Å². The number of rotatable bonds is 3. The van der Waals surface area contributed by atoms with Gasteiger partial charge in [-0.15, -0.1) is 0 Å². The van der Waals surface area contributed by atoms with E-state index in [1.165, 1.54) is 6.20 Å². The first-order valence-electron chi connectivity index (χ1n) is 5.91. The van der Waals surface area contributed by atoms with Crippen molar-refractivity contribution in [3.63, 3.8) is 0 Å². The average Bonchev–Trinajstić information content (AvgIpc) is 2.46. The molecule has 1 aromatic rings. The number of amidine groups is 1. The number of nitrogens with zero attached hydrogens (tertiary/aromatic N) is 4. The molecule has 2 heterocycles. The number of aliphatic hydroxyl groups excluding tert-OH is 1. The molecule has 1 unspecified atom stereocenters. The van der Waals surface area contributed by atoms with Crippen molar-refractivity contribution in [1.82, 2.24) is 9.97 Å². The predicted molar refractivity (Wildman–Crippen MR) is 66.6 cm³/mol. The van der Waals surface area contributed by atoms with Gasteiger partial charge in [-0.3, -0.25) is 0 Å². The molecule has 0 amide bonds. The average molecular weight is 251 g/mol. The fourth-order valence-corrected chi connectivity index (χ4v) is 2.20. The molecule has 4 N–H and O–H groups in total. The quantitative estimate of drug-likeness (QED) is 0.297. The Morgan fingerprint density at radius 3 is 3.00 bits per heavy atom. The SMILES string of the molecule is N/C(=N/O)c1nccnc1N1CCCC(CO)C1. The van der Waals surface area contributed by atoms with Gasteiger partial charge in [0.1, 0.15) is 0 Å². The molecule has 0 aliphatic carbocycles. The van der Waals surface area contributed by atoms with Crippen LogP contribution in [0.1, 0.15) is 18.5 Å². The van der Waals surface area contributed by atoms with E-state index < -0.39 is 0 Å². The monoisotopic (exact) mass is 251 g/mol. The van der Waals surface area contributed by atoms with Crippen molar-refractivity contribution in [2.75, 3.05) is 24.6 Å². The van der Waals surface area contributed by atoms with Crippen LogP contribution in [-0.4, -0.2) is 45.8 Å². The summed E-state index contributed by atoms with van der Waals surface area (Å²) in [6, 6.07) is 0. The van der Waals surface area contributed by atoms with Crippen molar-refractivity contribution in [2.45, 2.75) is 12.8 Å². The van der Waals surface area contributed by atoms with E-state index in [4.69, 9.17) is 10.9 Å². The molecule has 98 valence electrons. The summed E-state index contributed by atoms with van der Waals surface area (Å²) in [6.45, 7) is 1.71. The third-order valence-corrected chi connectivity index (χ3v) is 3.11. The molecular weight excluding hydrogens is 234 g/mol. The van der Waals surface area contributed by atoms with Crippen LogP contribution in [0, 0.1) is 5.92 Å². The van der Waals surface area contributed by atoms with E-state index in [0.29, 0.717) is 18.1 Å². The molecule has 0 bridgehead atoms. The molecular formula is C11H17N5O2. The van der Waals surface area contributed by atoms with Crippen LogP contribution >= 0.6 is 0 Å². The van der Waals surface area contributed by atoms with Gasteiger partial charge in [-0.1, -0.05) is 5.16 Å². The zero-order valence-electron chi connectivity index (χ0n) is 10.0. The van der Waals surface area contributed by atoms with Crippen molar-refractivity contribution >= 4 is 11.7 Å². The zero-order chi connectivity index (χ0) is 13.0. The Bertz CT molecular complexity index is 437. The number of hydrogen-bond donors (Lipinski definition) is 3. The smallest absolute Gasteiger partial charge is 0.192 e. The first-order valence-corrected chi connectivity index (χ1v) is 5.91. The molecule has 1 atom stereocenters. The van der Waals surface area contributed by atoms with E-state index in [2.05, 4.69) is 15.1 Å². The third kappa shape index (κ3) is 2.51. The van der Waals surface area contributed by atoms with Gasteiger partial charge in [0, 0.05) is 32.1 Å². The maximum Gasteiger partial charge on any atom is 0.192 e. The van der Waals surface area contributed by atoms with E-state index >= 15 is 0 Å². The molecule has 7 nitrogen and oxygen atoms in total. The molecule has 1 aliphatic rings. The summed E-state index contributed by atoms with van der Waals surface area (Å²) in [6.07, 6.45) is 5.07. The molecule has 7 heteroatoms. The van der Waals surface area contributed by atoms with E-state index in [0.717, 1.165) is 19.4 Å². The molecule has 0 saturated carbocycles. The van der Waals surface area contributed by atoms with Crippen molar-refractivity contribution in [2.24, 2.45) is 16.8 Å². The lowest BCUT2D eigenvalue weighted by atomic mass is 9.99. The highest BCUT2D eigenvalue weighted by atomic mass is 16.4. The van der Waals surface area contributed by atoms with E-state index in [9.17, 15) is 5.11 Å². The van der Waals surface area contributed by atoms with E-state index in [1.54, 1.807) is 6.20 Å². The standard InChI is InChI=1S/C11H17N5O2/c12-10(15-18)9-11(14-4-3-13-9)16-5-1-2-8(6-16)7-17/h3-4,8,17-18H,1-2,5-7H2,(H2,12,15). The molecule has 18 heavy (non-hydrogen) atoms. The first kappa shape index (κ1) is 12.6. The minimum Gasteiger partial charge on any atom is -0.409 e. The lowest BCUT2D eigenvalue weighted by Gasteiger charge is -2.33. The maximum absolute atomic E-state index is 9.23.